The van der Waals surface area contributed by atoms with Gasteiger partial charge in [0.25, 0.3) is 0 Å². The molecule has 0 N–H and O–H groups in total. The number of benzene rings is 6. The maximum absolute atomic E-state index is 12.6. The third-order valence-electron chi connectivity index (χ3n) is 7.85. The maximum Gasteiger partial charge on any atom is 0.343 e. The van der Waals surface area contributed by atoms with E-state index in [1.54, 1.807) is 72.8 Å². The van der Waals surface area contributed by atoms with Gasteiger partial charge in [-0.3, -0.25) is 0 Å². The van der Waals surface area contributed by atoms with Crippen molar-refractivity contribution in [2.75, 3.05) is 13.2 Å². The number of carbonyl (C=O) groups is 2. The van der Waals surface area contributed by atoms with Crippen molar-refractivity contribution in [2.45, 2.75) is 19.3 Å². The van der Waals surface area contributed by atoms with Crippen LogP contribution in [0, 0.1) is 0 Å². The van der Waals surface area contributed by atoms with Crippen molar-refractivity contribution in [1.29, 1.82) is 0 Å². The maximum atomic E-state index is 12.6. The summed E-state index contributed by atoms with van der Waals surface area (Å²) in [6.45, 7) is 1.14. The molecule has 0 saturated carbocycles. The zero-order valence-electron chi connectivity index (χ0n) is 27.0. The van der Waals surface area contributed by atoms with Crippen LogP contribution in [0.3, 0.4) is 0 Å². The molecule has 0 spiro atoms. The predicted octanol–water partition coefficient (Wildman–Crippen LogP) is 10.1. The number of hydrogen-bond acceptors (Lipinski definition) is 6. The molecule has 0 aliphatic rings. The Morgan fingerprint density at radius 1 is 0.347 bits per heavy atom. The van der Waals surface area contributed by atoms with Crippen LogP contribution in [0.5, 0.6) is 23.0 Å². The van der Waals surface area contributed by atoms with Crippen molar-refractivity contribution in [1.82, 2.24) is 0 Å². The van der Waals surface area contributed by atoms with Crippen molar-refractivity contribution < 1.29 is 28.5 Å². The van der Waals surface area contributed by atoms with Crippen molar-refractivity contribution >= 4 is 11.9 Å². The van der Waals surface area contributed by atoms with Crippen LogP contribution in [0.4, 0.5) is 0 Å². The van der Waals surface area contributed by atoms with Crippen molar-refractivity contribution in [3.05, 3.63) is 169 Å². The van der Waals surface area contributed by atoms with Gasteiger partial charge in [-0.1, -0.05) is 84.9 Å². The minimum atomic E-state index is -0.407. The average molecular weight is 649 g/mol. The highest BCUT2D eigenvalue weighted by molar-refractivity contribution is 5.92. The summed E-state index contributed by atoms with van der Waals surface area (Å²) in [5.74, 6) is 1.54. The minimum Gasteiger partial charge on any atom is -0.494 e. The average Bonchev–Trinajstić information content (AvgIpc) is 3.16. The standard InChI is InChI=1S/C43H36O6/c44-42(36-18-14-34(15-19-36)32-10-4-1-5-11-32)48-40-26-22-38(23-27-40)46-30-8-3-9-31-47-39-24-28-41(29-25-39)49-43(45)37-20-16-35(17-21-37)33-12-6-2-7-13-33/h1-2,4-7,10-29H,3,8-9,30-31H2. The molecule has 0 bridgehead atoms. The molecule has 0 radical (unpaired) electrons. The largest absolute Gasteiger partial charge is 0.494 e. The highest BCUT2D eigenvalue weighted by atomic mass is 16.5. The summed E-state index contributed by atoms with van der Waals surface area (Å²) in [6.07, 6.45) is 2.69. The van der Waals surface area contributed by atoms with Crippen molar-refractivity contribution in [2.24, 2.45) is 0 Å². The Bertz CT molecular complexity index is 1770. The van der Waals surface area contributed by atoms with Crippen LogP contribution in [0.15, 0.2) is 158 Å². The molecule has 6 aromatic carbocycles. The molecule has 0 unspecified atom stereocenters. The van der Waals surface area contributed by atoms with Gasteiger partial charge in [-0.25, -0.2) is 9.59 Å². The Kier molecular flexibility index (Phi) is 11.1. The Morgan fingerprint density at radius 2 is 0.673 bits per heavy atom. The normalized spacial score (nSPS) is 10.6. The molecule has 0 aromatic heterocycles. The van der Waals surface area contributed by atoms with Gasteiger partial charge in [0.05, 0.1) is 24.3 Å². The van der Waals surface area contributed by atoms with E-state index in [9.17, 15) is 9.59 Å². The molecule has 244 valence electrons. The second-order valence-corrected chi connectivity index (χ2v) is 11.4. The molecule has 0 fully saturated rings. The van der Waals surface area contributed by atoms with Crippen LogP contribution >= 0.6 is 0 Å². The second kappa shape index (κ2) is 16.6. The molecular formula is C43H36O6. The van der Waals surface area contributed by atoms with E-state index in [0.29, 0.717) is 47.3 Å². The van der Waals surface area contributed by atoms with Gasteiger partial charge in [0.1, 0.15) is 23.0 Å². The first kappa shape index (κ1) is 32.8. The summed E-state index contributed by atoms with van der Waals surface area (Å²) in [5, 5.41) is 0. The number of ether oxygens (including phenoxy) is 4. The molecule has 0 amide bonds. The molecule has 0 heterocycles. The lowest BCUT2D eigenvalue weighted by atomic mass is 10.0. The molecule has 0 aliphatic heterocycles. The van der Waals surface area contributed by atoms with Crippen LogP contribution < -0.4 is 18.9 Å². The van der Waals surface area contributed by atoms with E-state index in [0.717, 1.165) is 41.5 Å². The first-order valence-corrected chi connectivity index (χ1v) is 16.3. The van der Waals surface area contributed by atoms with Crippen LogP contribution in [0.25, 0.3) is 22.3 Å². The van der Waals surface area contributed by atoms with E-state index in [2.05, 4.69) is 0 Å². The fourth-order valence-electron chi connectivity index (χ4n) is 5.16. The van der Waals surface area contributed by atoms with Crippen LogP contribution in [-0.4, -0.2) is 25.2 Å². The highest BCUT2D eigenvalue weighted by Gasteiger charge is 2.11. The Hall–Kier alpha value is -6.14. The molecular weight excluding hydrogens is 612 g/mol. The summed E-state index contributed by atoms with van der Waals surface area (Å²) in [6, 6.07) is 48.9. The summed E-state index contributed by atoms with van der Waals surface area (Å²) in [5.41, 5.74) is 5.25. The van der Waals surface area contributed by atoms with Gasteiger partial charge in [0.2, 0.25) is 0 Å². The van der Waals surface area contributed by atoms with Gasteiger partial charge in [-0.2, -0.15) is 0 Å². The van der Waals surface area contributed by atoms with E-state index < -0.39 is 11.9 Å². The Balaban J connectivity index is 0.848. The smallest absolute Gasteiger partial charge is 0.343 e. The summed E-state index contributed by atoms with van der Waals surface area (Å²) >= 11 is 0. The quantitative estimate of drug-likeness (QED) is 0.0665. The molecule has 6 nitrogen and oxygen atoms in total. The molecule has 6 heteroatoms. The molecule has 6 rings (SSSR count). The van der Waals surface area contributed by atoms with E-state index >= 15 is 0 Å². The molecule has 0 atom stereocenters. The Labute approximate surface area is 286 Å². The van der Waals surface area contributed by atoms with E-state index in [4.69, 9.17) is 18.9 Å². The zero-order valence-corrected chi connectivity index (χ0v) is 27.0. The van der Waals surface area contributed by atoms with Gasteiger partial charge in [0, 0.05) is 0 Å². The highest BCUT2D eigenvalue weighted by Crippen LogP contribution is 2.24. The number of esters is 2. The fraction of sp³-hybridized carbons (Fsp3) is 0.116. The number of hydrogen-bond donors (Lipinski definition) is 0. The number of rotatable bonds is 14. The number of carbonyl (C=O) groups excluding carboxylic acids is 2. The van der Waals surface area contributed by atoms with Gasteiger partial charge in [-0.05, 0) is 114 Å². The van der Waals surface area contributed by atoms with E-state index in [-0.39, 0.29) is 0 Å². The summed E-state index contributed by atoms with van der Waals surface area (Å²) in [7, 11) is 0. The second-order valence-electron chi connectivity index (χ2n) is 11.4. The van der Waals surface area contributed by atoms with Gasteiger partial charge in [-0.15, -0.1) is 0 Å². The topological polar surface area (TPSA) is 71.1 Å². The van der Waals surface area contributed by atoms with Crippen molar-refractivity contribution in [3.63, 3.8) is 0 Å². The summed E-state index contributed by atoms with van der Waals surface area (Å²) in [4.78, 5) is 25.2. The predicted molar refractivity (Wildman–Crippen MR) is 191 cm³/mol. The Morgan fingerprint density at radius 3 is 1.04 bits per heavy atom. The third kappa shape index (κ3) is 9.46. The fourth-order valence-corrected chi connectivity index (χ4v) is 5.16. The first-order valence-electron chi connectivity index (χ1n) is 16.3. The lowest BCUT2D eigenvalue weighted by molar-refractivity contribution is 0.0725. The van der Waals surface area contributed by atoms with Gasteiger partial charge >= 0.3 is 11.9 Å². The third-order valence-corrected chi connectivity index (χ3v) is 7.85. The lowest BCUT2D eigenvalue weighted by Gasteiger charge is -2.09. The summed E-state index contributed by atoms with van der Waals surface area (Å²) < 4.78 is 22.8. The van der Waals surface area contributed by atoms with Crippen molar-refractivity contribution in [3.8, 4) is 45.3 Å². The van der Waals surface area contributed by atoms with Gasteiger partial charge < -0.3 is 18.9 Å². The van der Waals surface area contributed by atoms with Crippen LogP contribution in [0.2, 0.25) is 0 Å². The van der Waals surface area contributed by atoms with E-state index in [1.165, 1.54) is 0 Å². The first-order chi connectivity index (χ1) is 24.1. The molecule has 0 saturated heterocycles. The van der Waals surface area contributed by atoms with E-state index in [1.807, 2.05) is 84.9 Å². The minimum absolute atomic E-state index is 0.407. The van der Waals surface area contributed by atoms with Gasteiger partial charge in [0.15, 0.2) is 0 Å². The SMILES string of the molecule is O=C(Oc1ccc(OCCCCCOc2ccc(OC(=O)c3ccc(-c4ccccc4)cc3)cc2)cc1)c1ccc(-c2ccccc2)cc1. The zero-order chi connectivity index (χ0) is 33.7. The lowest BCUT2D eigenvalue weighted by Crippen LogP contribution is -2.08. The van der Waals surface area contributed by atoms with Crippen LogP contribution in [-0.2, 0) is 0 Å². The molecule has 0 aliphatic carbocycles. The molecule has 49 heavy (non-hydrogen) atoms. The molecule has 6 aromatic rings. The monoisotopic (exact) mass is 648 g/mol. The van der Waals surface area contributed by atoms with Crippen LogP contribution in [0.1, 0.15) is 40.0 Å². The number of unbranched alkanes of at least 4 members (excludes halogenated alkanes) is 2.